The largest absolute Gasteiger partial charge is 0.391 e. The summed E-state index contributed by atoms with van der Waals surface area (Å²) in [5.41, 5.74) is 0. The number of hydrogen-bond acceptors (Lipinski definition) is 3. The van der Waals surface area contributed by atoms with E-state index in [-0.39, 0.29) is 6.10 Å². The van der Waals surface area contributed by atoms with Crippen LogP contribution in [0.2, 0.25) is 5.15 Å². The lowest BCUT2D eigenvalue weighted by molar-refractivity contribution is 0.146. The molecular weight excluding hydrogens is 212 g/mol. The number of β-amino-alcohol motifs (C(OH)–C–C–N with tert-alkyl or cyclic N) is 1. The maximum absolute atomic E-state index is 9.79. The molecule has 3 nitrogen and oxygen atoms in total. The molecule has 2 heterocycles. The van der Waals surface area contributed by atoms with Crippen LogP contribution in [0.25, 0.3) is 0 Å². The highest BCUT2D eigenvalue weighted by molar-refractivity contribution is 6.29. The van der Waals surface area contributed by atoms with Gasteiger partial charge in [0.2, 0.25) is 0 Å². The Balaban J connectivity index is 2.13. The number of anilines is 1. The molecule has 1 aromatic rings. The van der Waals surface area contributed by atoms with Crippen molar-refractivity contribution in [2.45, 2.75) is 19.4 Å². The number of rotatable bonds is 2. The topological polar surface area (TPSA) is 36.4 Å². The van der Waals surface area contributed by atoms with Gasteiger partial charge in [0.25, 0.3) is 0 Å². The van der Waals surface area contributed by atoms with Crippen molar-refractivity contribution in [3.63, 3.8) is 0 Å². The maximum atomic E-state index is 9.79. The molecule has 1 N–H and O–H groups in total. The van der Waals surface area contributed by atoms with Crippen LogP contribution in [0.3, 0.4) is 0 Å². The van der Waals surface area contributed by atoms with E-state index in [1.165, 1.54) is 0 Å². The van der Waals surface area contributed by atoms with Crippen LogP contribution in [0, 0.1) is 5.92 Å². The summed E-state index contributed by atoms with van der Waals surface area (Å²) in [6.45, 7) is 3.62. The molecule has 82 valence electrons. The second-order valence-corrected chi connectivity index (χ2v) is 4.35. The van der Waals surface area contributed by atoms with Gasteiger partial charge >= 0.3 is 0 Å². The van der Waals surface area contributed by atoms with Gasteiger partial charge in [-0.05, 0) is 18.6 Å². The number of nitrogens with zero attached hydrogens (tertiary/aromatic N) is 2. The van der Waals surface area contributed by atoms with Crippen LogP contribution in [-0.4, -0.2) is 29.3 Å². The molecule has 0 amide bonds. The molecule has 1 aromatic heterocycles. The highest BCUT2D eigenvalue weighted by atomic mass is 35.5. The standard InChI is InChI=1S/C11H15ClN2O/c1-2-8-6-14(7-9(8)15)11-5-3-4-10(12)13-11/h3-5,8-9,15H,2,6-7H2,1H3. The molecule has 0 aromatic carbocycles. The first kappa shape index (κ1) is 10.7. The Hall–Kier alpha value is -0.800. The summed E-state index contributed by atoms with van der Waals surface area (Å²) in [7, 11) is 0. The van der Waals surface area contributed by atoms with Crippen LogP contribution in [0.4, 0.5) is 5.82 Å². The number of aliphatic hydroxyl groups is 1. The van der Waals surface area contributed by atoms with Crippen molar-refractivity contribution in [2.75, 3.05) is 18.0 Å². The Morgan fingerprint density at radius 3 is 2.93 bits per heavy atom. The van der Waals surface area contributed by atoms with Gasteiger partial charge in [0, 0.05) is 19.0 Å². The predicted molar refractivity (Wildman–Crippen MR) is 61.2 cm³/mol. The quantitative estimate of drug-likeness (QED) is 0.784. The van der Waals surface area contributed by atoms with Crippen molar-refractivity contribution < 1.29 is 5.11 Å². The van der Waals surface area contributed by atoms with E-state index < -0.39 is 0 Å². The Bertz CT molecular complexity index is 345. The van der Waals surface area contributed by atoms with Crippen molar-refractivity contribution in [1.29, 1.82) is 0 Å². The van der Waals surface area contributed by atoms with Crippen molar-refractivity contribution >= 4 is 17.4 Å². The third-order valence-corrected chi connectivity index (χ3v) is 3.17. The molecule has 0 saturated carbocycles. The van der Waals surface area contributed by atoms with Crippen LogP contribution in [0.15, 0.2) is 18.2 Å². The van der Waals surface area contributed by atoms with Crippen LogP contribution in [0.5, 0.6) is 0 Å². The average Bonchev–Trinajstić information content (AvgIpc) is 2.60. The molecule has 1 aliphatic rings. The maximum Gasteiger partial charge on any atom is 0.131 e. The Morgan fingerprint density at radius 1 is 1.53 bits per heavy atom. The van der Waals surface area contributed by atoms with E-state index in [1.54, 1.807) is 6.07 Å². The SMILES string of the molecule is CCC1CN(c2cccc(Cl)n2)CC1O. The van der Waals surface area contributed by atoms with E-state index in [1.807, 2.05) is 12.1 Å². The van der Waals surface area contributed by atoms with Gasteiger partial charge in [0.1, 0.15) is 11.0 Å². The van der Waals surface area contributed by atoms with E-state index in [4.69, 9.17) is 11.6 Å². The van der Waals surface area contributed by atoms with Crippen molar-refractivity contribution in [1.82, 2.24) is 4.98 Å². The molecule has 0 aliphatic carbocycles. The minimum absolute atomic E-state index is 0.240. The zero-order chi connectivity index (χ0) is 10.8. The minimum atomic E-state index is -0.240. The van der Waals surface area contributed by atoms with Gasteiger partial charge in [-0.2, -0.15) is 0 Å². The third kappa shape index (κ3) is 2.24. The molecule has 2 atom stereocenters. The van der Waals surface area contributed by atoms with Crippen molar-refractivity contribution in [3.8, 4) is 0 Å². The number of aromatic nitrogens is 1. The van der Waals surface area contributed by atoms with Crippen LogP contribution in [0.1, 0.15) is 13.3 Å². The highest BCUT2D eigenvalue weighted by Gasteiger charge is 2.30. The Morgan fingerprint density at radius 2 is 2.33 bits per heavy atom. The van der Waals surface area contributed by atoms with Crippen LogP contribution >= 0.6 is 11.6 Å². The van der Waals surface area contributed by atoms with Gasteiger partial charge in [-0.3, -0.25) is 0 Å². The molecule has 1 saturated heterocycles. The first-order chi connectivity index (χ1) is 7.20. The second-order valence-electron chi connectivity index (χ2n) is 3.96. The van der Waals surface area contributed by atoms with Gasteiger partial charge in [0.15, 0.2) is 0 Å². The van der Waals surface area contributed by atoms with E-state index >= 15 is 0 Å². The molecule has 0 spiro atoms. The normalized spacial score (nSPS) is 25.9. The molecule has 2 rings (SSSR count). The first-order valence-electron chi connectivity index (χ1n) is 5.26. The minimum Gasteiger partial charge on any atom is -0.391 e. The lowest BCUT2D eigenvalue weighted by atomic mass is 10.0. The third-order valence-electron chi connectivity index (χ3n) is 2.96. The average molecular weight is 227 g/mol. The smallest absolute Gasteiger partial charge is 0.131 e. The predicted octanol–water partition coefficient (Wildman–Crippen LogP) is 1.94. The molecule has 0 radical (unpaired) electrons. The van der Waals surface area contributed by atoms with Crippen LogP contribution in [-0.2, 0) is 0 Å². The van der Waals surface area contributed by atoms with Gasteiger partial charge in [-0.25, -0.2) is 4.98 Å². The number of pyridine rings is 1. The summed E-state index contributed by atoms with van der Waals surface area (Å²) in [6.07, 6.45) is 0.758. The fraction of sp³-hybridized carbons (Fsp3) is 0.545. The lowest BCUT2D eigenvalue weighted by Gasteiger charge is -2.16. The Kier molecular flexibility index (Phi) is 3.12. The zero-order valence-corrected chi connectivity index (χ0v) is 9.48. The summed E-state index contributed by atoms with van der Waals surface area (Å²) in [5, 5.41) is 10.3. The zero-order valence-electron chi connectivity index (χ0n) is 8.73. The number of aliphatic hydroxyl groups excluding tert-OH is 1. The van der Waals surface area contributed by atoms with Gasteiger partial charge in [-0.15, -0.1) is 0 Å². The Labute approximate surface area is 94.7 Å². The fourth-order valence-corrected chi connectivity index (χ4v) is 2.18. The van der Waals surface area contributed by atoms with E-state index in [9.17, 15) is 5.11 Å². The van der Waals surface area contributed by atoms with E-state index in [0.29, 0.717) is 17.6 Å². The van der Waals surface area contributed by atoms with E-state index in [2.05, 4.69) is 16.8 Å². The van der Waals surface area contributed by atoms with Crippen molar-refractivity contribution in [2.24, 2.45) is 5.92 Å². The highest BCUT2D eigenvalue weighted by Crippen LogP contribution is 2.25. The summed E-state index contributed by atoms with van der Waals surface area (Å²) < 4.78 is 0. The van der Waals surface area contributed by atoms with Gasteiger partial charge < -0.3 is 10.0 Å². The molecule has 0 bridgehead atoms. The second kappa shape index (κ2) is 4.37. The van der Waals surface area contributed by atoms with Crippen molar-refractivity contribution in [3.05, 3.63) is 23.4 Å². The summed E-state index contributed by atoms with van der Waals surface area (Å²) >= 11 is 5.83. The fourth-order valence-electron chi connectivity index (χ4n) is 2.02. The monoisotopic (exact) mass is 226 g/mol. The molecule has 2 unspecified atom stereocenters. The molecule has 1 fully saturated rings. The first-order valence-corrected chi connectivity index (χ1v) is 5.64. The summed E-state index contributed by atoms with van der Waals surface area (Å²) in [6, 6.07) is 5.57. The summed E-state index contributed by atoms with van der Waals surface area (Å²) in [4.78, 5) is 6.33. The van der Waals surface area contributed by atoms with Gasteiger partial charge in [-0.1, -0.05) is 24.6 Å². The van der Waals surface area contributed by atoms with Crippen LogP contribution < -0.4 is 4.90 Å². The van der Waals surface area contributed by atoms with E-state index in [0.717, 1.165) is 18.8 Å². The molecule has 1 aliphatic heterocycles. The molecule has 4 heteroatoms. The lowest BCUT2D eigenvalue weighted by Crippen LogP contribution is -2.22. The summed E-state index contributed by atoms with van der Waals surface area (Å²) in [5.74, 6) is 1.21. The van der Waals surface area contributed by atoms with Gasteiger partial charge in [0.05, 0.1) is 6.10 Å². The number of hydrogen-bond donors (Lipinski definition) is 1. The molecular formula is C11H15ClN2O. The molecule has 15 heavy (non-hydrogen) atoms. The number of halogens is 1.